The van der Waals surface area contributed by atoms with Crippen molar-refractivity contribution in [2.75, 3.05) is 25.1 Å². The summed E-state index contributed by atoms with van der Waals surface area (Å²) < 4.78 is 41.1. The fourth-order valence-corrected chi connectivity index (χ4v) is 6.18. The van der Waals surface area contributed by atoms with Crippen molar-refractivity contribution in [2.24, 2.45) is 5.10 Å². The standard InChI is InChI=1S/C31H34N4O5S/c1-21-15-22(2)17-26(16-21)35-23(3)18-25(24(35)4)19-32-33-31(36)20-34(29-9-7-8-10-30(29)40-6)41(37,38)28-13-11-27(39-5)12-14-28/h7-19H,20H2,1-6H3,(H,33,36)/b32-19-. The summed E-state index contributed by atoms with van der Waals surface area (Å²) in [6, 6.07) is 20.9. The largest absolute Gasteiger partial charge is 0.497 e. The van der Waals surface area contributed by atoms with E-state index >= 15 is 0 Å². The molecule has 4 aromatic rings. The lowest BCUT2D eigenvalue weighted by atomic mass is 10.1. The Kier molecular flexibility index (Phi) is 8.83. The molecule has 1 aromatic heterocycles. The number of aryl methyl sites for hydroxylation is 3. The summed E-state index contributed by atoms with van der Waals surface area (Å²) in [7, 11) is -1.21. The molecule has 0 aliphatic heterocycles. The van der Waals surface area contributed by atoms with Crippen LogP contribution in [0.5, 0.6) is 11.5 Å². The molecule has 1 amide bonds. The van der Waals surface area contributed by atoms with E-state index in [1.807, 2.05) is 19.9 Å². The monoisotopic (exact) mass is 574 g/mol. The average Bonchev–Trinajstić information content (AvgIpc) is 3.23. The molecule has 1 heterocycles. The van der Waals surface area contributed by atoms with Gasteiger partial charge in [-0.1, -0.05) is 18.2 Å². The number of carbonyl (C=O) groups excluding carboxylic acids is 1. The molecule has 1 N–H and O–H groups in total. The van der Waals surface area contributed by atoms with Crippen molar-refractivity contribution < 1.29 is 22.7 Å². The maximum Gasteiger partial charge on any atom is 0.264 e. The zero-order valence-corrected chi connectivity index (χ0v) is 24.8. The third kappa shape index (κ3) is 6.44. The minimum absolute atomic E-state index is 0.000618. The first-order chi connectivity index (χ1) is 19.5. The highest BCUT2D eigenvalue weighted by Crippen LogP contribution is 2.32. The first-order valence-electron chi connectivity index (χ1n) is 12.9. The fourth-order valence-electron chi connectivity index (χ4n) is 4.75. The van der Waals surface area contributed by atoms with Gasteiger partial charge in [-0.2, -0.15) is 5.10 Å². The average molecular weight is 575 g/mol. The number of hydrogen-bond acceptors (Lipinski definition) is 6. The fraction of sp³-hybridized carbons (Fsp3) is 0.226. The number of benzene rings is 3. The number of hydrazone groups is 1. The molecule has 0 atom stereocenters. The lowest BCUT2D eigenvalue weighted by molar-refractivity contribution is -0.119. The van der Waals surface area contributed by atoms with Gasteiger partial charge in [0.25, 0.3) is 15.9 Å². The zero-order valence-electron chi connectivity index (χ0n) is 24.0. The minimum Gasteiger partial charge on any atom is -0.497 e. The molecule has 214 valence electrons. The molecule has 0 bridgehead atoms. The van der Waals surface area contributed by atoms with E-state index in [1.54, 1.807) is 42.6 Å². The van der Waals surface area contributed by atoms with Crippen LogP contribution in [0.15, 0.2) is 82.8 Å². The predicted octanol–water partition coefficient (Wildman–Crippen LogP) is 5.07. The van der Waals surface area contributed by atoms with Gasteiger partial charge in [-0.3, -0.25) is 9.10 Å². The Bertz CT molecular complexity index is 1670. The van der Waals surface area contributed by atoms with E-state index in [4.69, 9.17) is 9.47 Å². The summed E-state index contributed by atoms with van der Waals surface area (Å²) in [5.41, 5.74) is 8.90. The molecule has 0 aliphatic carbocycles. The van der Waals surface area contributed by atoms with Gasteiger partial charge in [0.2, 0.25) is 0 Å². The number of carbonyl (C=O) groups is 1. The van der Waals surface area contributed by atoms with Crippen LogP contribution in [-0.4, -0.2) is 45.9 Å². The number of para-hydroxylation sites is 2. The number of sulfonamides is 1. The van der Waals surface area contributed by atoms with Gasteiger partial charge in [0.05, 0.1) is 31.0 Å². The van der Waals surface area contributed by atoms with E-state index in [2.05, 4.69) is 47.1 Å². The van der Waals surface area contributed by atoms with Crippen LogP contribution in [0.25, 0.3) is 5.69 Å². The summed E-state index contributed by atoms with van der Waals surface area (Å²) in [5, 5.41) is 4.15. The Morgan fingerprint density at radius 3 is 2.22 bits per heavy atom. The van der Waals surface area contributed by atoms with Crippen molar-refractivity contribution in [3.63, 3.8) is 0 Å². The minimum atomic E-state index is -4.15. The SMILES string of the molecule is COc1ccc(S(=O)(=O)N(CC(=O)N/N=C\c2cc(C)n(-c3cc(C)cc(C)c3)c2C)c2ccccc2OC)cc1. The Labute approximate surface area is 241 Å². The second-order valence-corrected chi connectivity index (χ2v) is 11.5. The van der Waals surface area contributed by atoms with Crippen LogP contribution >= 0.6 is 0 Å². The molecular formula is C31H34N4O5S. The Balaban J connectivity index is 1.59. The summed E-state index contributed by atoms with van der Waals surface area (Å²) >= 11 is 0. The third-order valence-electron chi connectivity index (χ3n) is 6.62. The smallest absolute Gasteiger partial charge is 0.264 e. The van der Waals surface area contributed by atoms with Crippen molar-refractivity contribution >= 4 is 27.8 Å². The number of nitrogens with one attached hydrogen (secondary N) is 1. The van der Waals surface area contributed by atoms with Crippen molar-refractivity contribution in [2.45, 2.75) is 32.6 Å². The number of anilines is 1. The molecule has 0 radical (unpaired) electrons. The zero-order chi connectivity index (χ0) is 29.7. The van der Waals surface area contributed by atoms with Gasteiger partial charge in [0.15, 0.2) is 0 Å². The van der Waals surface area contributed by atoms with Crippen LogP contribution in [0.3, 0.4) is 0 Å². The number of methoxy groups -OCH3 is 2. The van der Waals surface area contributed by atoms with E-state index in [-0.39, 0.29) is 10.6 Å². The molecule has 0 unspecified atom stereocenters. The normalized spacial score (nSPS) is 11.5. The van der Waals surface area contributed by atoms with Gasteiger partial charge in [-0.05, 0) is 93.4 Å². The summed E-state index contributed by atoms with van der Waals surface area (Å²) in [4.78, 5) is 13.1. The van der Waals surface area contributed by atoms with Gasteiger partial charge in [-0.25, -0.2) is 13.8 Å². The first-order valence-corrected chi connectivity index (χ1v) is 14.4. The molecule has 0 spiro atoms. The van der Waals surface area contributed by atoms with Crippen molar-refractivity contribution in [1.82, 2.24) is 9.99 Å². The Morgan fingerprint density at radius 1 is 0.927 bits per heavy atom. The lowest BCUT2D eigenvalue weighted by Crippen LogP contribution is -2.39. The number of ether oxygens (including phenoxy) is 2. The van der Waals surface area contributed by atoms with E-state index in [9.17, 15) is 13.2 Å². The van der Waals surface area contributed by atoms with Crippen LogP contribution in [0.2, 0.25) is 0 Å². The van der Waals surface area contributed by atoms with Crippen LogP contribution in [-0.2, 0) is 14.8 Å². The lowest BCUT2D eigenvalue weighted by Gasteiger charge is -2.25. The van der Waals surface area contributed by atoms with E-state index < -0.39 is 22.5 Å². The third-order valence-corrected chi connectivity index (χ3v) is 8.39. The highest BCUT2D eigenvalue weighted by molar-refractivity contribution is 7.92. The van der Waals surface area contributed by atoms with Gasteiger partial charge < -0.3 is 14.0 Å². The number of amides is 1. The molecule has 41 heavy (non-hydrogen) atoms. The van der Waals surface area contributed by atoms with Crippen LogP contribution in [0.4, 0.5) is 5.69 Å². The van der Waals surface area contributed by atoms with E-state index in [0.717, 1.165) is 26.9 Å². The number of nitrogens with zero attached hydrogens (tertiary/aromatic N) is 3. The van der Waals surface area contributed by atoms with E-state index in [1.165, 1.54) is 37.5 Å². The number of rotatable bonds is 10. The van der Waals surface area contributed by atoms with Crippen LogP contribution in [0.1, 0.15) is 28.1 Å². The van der Waals surface area contributed by atoms with Crippen molar-refractivity contribution in [3.8, 4) is 17.2 Å². The molecule has 0 aliphatic rings. The predicted molar refractivity (Wildman–Crippen MR) is 161 cm³/mol. The number of hydrogen-bond donors (Lipinski definition) is 1. The highest BCUT2D eigenvalue weighted by Gasteiger charge is 2.29. The number of aromatic nitrogens is 1. The van der Waals surface area contributed by atoms with Gasteiger partial charge in [0.1, 0.15) is 18.0 Å². The van der Waals surface area contributed by atoms with Crippen molar-refractivity contribution in [1.29, 1.82) is 0 Å². The molecule has 3 aromatic carbocycles. The Hall–Kier alpha value is -4.57. The van der Waals surface area contributed by atoms with E-state index in [0.29, 0.717) is 11.5 Å². The summed E-state index contributed by atoms with van der Waals surface area (Å²) in [6.45, 7) is 7.60. The van der Waals surface area contributed by atoms with Gasteiger partial charge in [-0.15, -0.1) is 0 Å². The Morgan fingerprint density at radius 2 is 1.59 bits per heavy atom. The maximum absolute atomic E-state index is 13.7. The topological polar surface area (TPSA) is 102 Å². The molecule has 10 heteroatoms. The quantitative estimate of drug-likeness (QED) is 0.210. The summed E-state index contributed by atoms with van der Waals surface area (Å²) in [5.74, 6) is 0.198. The second kappa shape index (κ2) is 12.3. The second-order valence-electron chi connectivity index (χ2n) is 9.66. The first kappa shape index (κ1) is 29.4. The molecule has 0 saturated heterocycles. The molecule has 0 saturated carbocycles. The van der Waals surface area contributed by atoms with Crippen molar-refractivity contribution in [3.05, 3.63) is 101 Å². The molecular weight excluding hydrogens is 540 g/mol. The molecule has 4 rings (SSSR count). The van der Waals surface area contributed by atoms with Gasteiger partial charge in [0, 0.05) is 22.6 Å². The molecule has 0 fully saturated rings. The van der Waals surface area contributed by atoms with Crippen LogP contribution in [0, 0.1) is 27.7 Å². The highest BCUT2D eigenvalue weighted by atomic mass is 32.2. The maximum atomic E-state index is 13.7. The molecule has 9 nitrogen and oxygen atoms in total. The van der Waals surface area contributed by atoms with Gasteiger partial charge >= 0.3 is 0 Å². The summed E-state index contributed by atoms with van der Waals surface area (Å²) in [6.07, 6.45) is 1.56. The van der Waals surface area contributed by atoms with Crippen LogP contribution < -0.4 is 19.2 Å².